The summed E-state index contributed by atoms with van der Waals surface area (Å²) in [4.78, 5) is 2.47. The molecule has 0 unspecified atom stereocenters. The molecule has 0 aromatic heterocycles. The predicted octanol–water partition coefficient (Wildman–Crippen LogP) is 2.25. The molecule has 0 aliphatic carbocycles. The molecule has 0 atom stereocenters. The van der Waals surface area contributed by atoms with Gasteiger partial charge in [-0.25, -0.2) is 0 Å². The van der Waals surface area contributed by atoms with E-state index in [2.05, 4.69) is 4.90 Å². The third kappa shape index (κ3) is 3.72. The second-order valence-corrected chi connectivity index (χ2v) is 4.84. The average Bonchev–Trinajstić information content (AvgIpc) is 2.35. The summed E-state index contributed by atoms with van der Waals surface area (Å²) in [7, 11) is 1.78. The van der Waals surface area contributed by atoms with Gasteiger partial charge in [-0.05, 0) is 49.5 Å². The molecule has 2 rings (SSSR count). The Balaban J connectivity index is 1.79. The molecular weight excluding hydrogens is 214 g/mol. The zero-order valence-corrected chi connectivity index (χ0v) is 10.4. The molecule has 1 aliphatic rings. The van der Waals surface area contributed by atoms with Gasteiger partial charge in [0.15, 0.2) is 0 Å². The van der Waals surface area contributed by atoms with Gasteiger partial charge in [0.25, 0.3) is 0 Å². The van der Waals surface area contributed by atoms with Crippen LogP contribution in [0.15, 0.2) is 24.3 Å². The molecular formula is C14H21NO2. The largest absolute Gasteiger partial charge is 0.508 e. The SMILES string of the molecule is COCC1CCN(Cc2ccc(O)cc2)CC1. The normalized spacial score (nSPS) is 18.4. The molecule has 0 saturated carbocycles. The fourth-order valence-electron chi connectivity index (χ4n) is 2.41. The van der Waals surface area contributed by atoms with E-state index in [9.17, 15) is 5.11 Å². The average molecular weight is 235 g/mol. The zero-order valence-electron chi connectivity index (χ0n) is 10.4. The van der Waals surface area contributed by atoms with Crippen LogP contribution in [0, 0.1) is 5.92 Å². The molecule has 1 saturated heterocycles. The number of phenolic OH excluding ortho intramolecular Hbond substituents is 1. The first-order valence-electron chi connectivity index (χ1n) is 6.27. The maximum absolute atomic E-state index is 9.23. The van der Waals surface area contributed by atoms with Crippen LogP contribution in [0.2, 0.25) is 0 Å². The topological polar surface area (TPSA) is 32.7 Å². The number of piperidine rings is 1. The lowest BCUT2D eigenvalue weighted by atomic mass is 9.97. The summed E-state index contributed by atoms with van der Waals surface area (Å²) in [5, 5.41) is 9.23. The molecule has 94 valence electrons. The van der Waals surface area contributed by atoms with E-state index >= 15 is 0 Å². The van der Waals surface area contributed by atoms with Crippen molar-refractivity contribution in [1.82, 2.24) is 4.90 Å². The minimum Gasteiger partial charge on any atom is -0.508 e. The Labute approximate surface area is 103 Å². The third-order valence-electron chi connectivity index (χ3n) is 3.45. The molecule has 3 heteroatoms. The number of phenols is 1. The van der Waals surface area contributed by atoms with E-state index in [-0.39, 0.29) is 0 Å². The van der Waals surface area contributed by atoms with Gasteiger partial charge < -0.3 is 9.84 Å². The second-order valence-electron chi connectivity index (χ2n) is 4.84. The maximum atomic E-state index is 9.23. The van der Waals surface area contributed by atoms with Crippen molar-refractivity contribution in [2.75, 3.05) is 26.8 Å². The zero-order chi connectivity index (χ0) is 12.1. The molecule has 1 aromatic rings. The molecule has 1 N–H and O–H groups in total. The first-order valence-corrected chi connectivity index (χ1v) is 6.27. The van der Waals surface area contributed by atoms with E-state index in [4.69, 9.17) is 4.74 Å². The number of benzene rings is 1. The van der Waals surface area contributed by atoms with Crippen LogP contribution in [0.3, 0.4) is 0 Å². The van der Waals surface area contributed by atoms with E-state index < -0.39 is 0 Å². The monoisotopic (exact) mass is 235 g/mol. The van der Waals surface area contributed by atoms with E-state index in [1.165, 1.54) is 18.4 Å². The molecule has 0 bridgehead atoms. The third-order valence-corrected chi connectivity index (χ3v) is 3.45. The molecule has 1 aliphatic heterocycles. The van der Waals surface area contributed by atoms with Crippen molar-refractivity contribution in [1.29, 1.82) is 0 Å². The van der Waals surface area contributed by atoms with Crippen LogP contribution in [-0.2, 0) is 11.3 Å². The van der Waals surface area contributed by atoms with Crippen molar-refractivity contribution in [3.05, 3.63) is 29.8 Å². The van der Waals surface area contributed by atoms with Crippen LogP contribution >= 0.6 is 0 Å². The highest BCUT2D eigenvalue weighted by Crippen LogP contribution is 2.19. The summed E-state index contributed by atoms with van der Waals surface area (Å²) >= 11 is 0. The van der Waals surface area contributed by atoms with Crippen molar-refractivity contribution in [3.8, 4) is 5.75 Å². The molecule has 0 amide bonds. The summed E-state index contributed by atoms with van der Waals surface area (Å²) in [6, 6.07) is 7.51. The number of rotatable bonds is 4. The minimum atomic E-state index is 0.340. The molecule has 1 aromatic carbocycles. The van der Waals surface area contributed by atoms with Crippen molar-refractivity contribution >= 4 is 0 Å². The van der Waals surface area contributed by atoms with E-state index in [1.807, 2.05) is 12.1 Å². The quantitative estimate of drug-likeness (QED) is 0.869. The summed E-state index contributed by atoms with van der Waals surface area (Å²) in [6.07, 6.45) is 2.46. The van der Waals surface area contributed by atoms with Crippen molar-refractivity contribution < 1.29 is 9.84 Å². The Bertz CT molecular complexity index is 329. The Kier molecular flexibility index (Phi) is 4.40. The number of ether oxygens (including phenoxy) is 1. The van der Waals surface area contributed by atoms with Crippen LogP contribution in [0.5, 0.6) is 5.75 Å². The fourth-order valence-corrected chi connectivity index (χ4v) is 2.41. The van der Waals surface area contributed by atoms with Crippen molar-refractivity contribution in [2.45, 2.75) is 19.4 Å². The fraction of sp³-hybridized carbons (Fsp3) is 0.571. The van der Waals surface area contributed by atoms with E-state index in [0.717, 1.165) is 32.2 Å². The molecule has 0 radical (unpaired) electrons. The molecule has 1 fully saturated rings. The molecule has 0 spiro atoms. The maximum Gasteiger partial charge on any atom is 0.115 e. The van der Waals surface area contributed by atoms with Crippen LogP contribution in [0.25, 0.3) is 0 Å². The minimum absolute atomic E-state index is 0.340. The van der Waals surface area contributed by atoms with Gasteiger partial charge in [0, 0.05) is 20.3 Å². The molecule has 3 nitrogen and oxygen atoms in total. The number of likely N-dealkylation sites (tertiary alicyclic amines) is 1. The first kappa shape index (κ1) is 12.4. The predicted molar refractivity (Wildman–Crippen MR) is 68.0 cm³/mol. The van der Waals surface area contributed by atoms with Gasteiger partial charge in [-0.2, -0.15) is 0 Å². The van der Waals surface area contributed by atoms with Gasteiger partial charge >= 0.3 is 0 Å². The molecule has 17 heavy (non-hydrogen) atoms. The second kappa shape index (κ2) is 6.03. The van der Waals surface area contributed by atoms with Crippen molar-refractivity contribution in [2.24, 2.45) is 5.92 Å². The van der Waals surface area contributed by atoms with Gasteiger partial charge in [-0.15, -0.1) is 0 Å². The molecule has 1 heterocycles. The lowest BCUT2D eigenvalue weighted by Gasteiger charge is -2.31. The van der Waals surface area contributed by atoms with E-state index in [1.54, 1.807) is 19.2 Å². The highest BCUT2D eigenvalue weighted by molar-refractivity contribution is 5.25. The van der Waals surface area contributed by atoms with Crippen LogP contribution in [0.4, 0.5) is 0 Å². The summed E-state index contributed by atoms with van der Waals surface area (Å²) in [5.41, 5.74) is 1.27. The summed E-state index contributed by atoms with van der Waals surface area (Å²) < 4.78 is 5.20. The highest BCUT2D eigenvalue weighted by Gasteiger charge is 2.18. The van der Waals surface area contributed by atoms with Gasteiger partial charge in [0.05, 0.1) is 0 Å². The first-order chi connectivity index (χ1) is 8.28. The Morgan fingerprint density at radius 3 is 2.47 bits per heavy atom. The Hall–Kier alpha value is -1.06. The summed E-state index contributed by atoms with van der Waals surface area (Å²) in [6.45, 7) is 4.18. The number of nitrogens with zero attached hydrogens (tertiary/aromatic N) is 1. The van der Waals surface area contributed by atoms with Crippen LogP contribution < -0.4 is 0 Å². The standard InChI is InChI=1S/C14H21NO2/c1-17-11-13-6-8-15(9-7-13)10-12-2-4-14(16)5-3-12/h2-5,13,16H,6-11H2,1H3. The van der Waals surface area contributed by atoms with E-state index in [0.29, 0.717) is 5.75 Å². The Morgan fingerprint density at radius 2 is 1.88 bits per heavy atom. The highest BCUT2D eigenvalue weighted by atomic mass is 16.5. The smallest absolute Gasteiger partial charge is 0.115 e. The van der Waals surface area contributed by atoms with Crippen molar-refractivity contribution in [3.63, 3.8) is 0 Å². The van der Waals surface area contributed by atoms with Gasteiger partial charge in [-0.3, -0.25) is 4.90 Å². The number of methoxy groups -OCH3 is 1. The number of hydrogen-bond acceptors (Lipinski definition) is 3. The number of aromatic hydroxyl groups is 1. The van der Waals surface area contributed by atoms with Gasteiger partial charge in [0.2, 0.25) is 0 Å². The lowest BCUT2D eigenvalue weighted by molar-refractivity contribution is 0.0968. The van der Waals surface area contributed by atoms with Gasteiger partial charge in [-0.1, -0.05) is 12.1 Å². The van der Waals surface area contributed by atoms with Crippen LogP contribution in [0.1, 0.15) is 18.4 Å². The Morgan fingerprint density at radius 1 is 1.24 bits per heavy atom. The lowest BCUT2D eigenvalue weighted by Crippen LogP contribution is -2.34. The number of hydrogen-bond donors (Lipinski definition) is 1. The van der Waals surface area contributed by atoms with Crippen LogP contribution in [-0.4, -0.2) is 36.8 Å². The van der Waals surface area contributed by atoms with Gasteiger partial charge in [0.1, 0.15) is 5.75 Å². The summed E-state index contributed by atoms with van der Waals surface area (Å²) in [5.74, 6) is 1.07.